The Morgan fingerprint density at radius 1 is 0.896 bits per heavy atom. The lowest BCUT2D eigenvalue weighted by Crippen LogP contribution is -2.70. The van der Waals surface area contributed by atoms with Gasteiger partial charge in [-0.15, -0.1) is 0 Å². The SMILES string of the molecule is CC1(C)C2CC[C@]3(C)[C@H](C(=O)C=C4C5(OC(=O)CCC(=O)O)C[C@@](C)(C(=O)OCC[Si](C)(C)C)CC[C@]5(C)CC[C@]43C)[C@@]2(C)CC[C@@H]1O. The van der Waals surface area contributed by atoms with Gasteiger partial charge in [0, 0.05) is 25.8 Å². The molecule has 0 aromatic rings. The number of esters is 2. The molecule has 4 saturated carbocycles. The van der Waals surface area contributed by atoms with Crippen molar-refractivity contribution < 1.29 is 38.9 Å². The van der Waals surface area contributed by atoms with Crippen LogP contribution in [-0.4, -0.2) is 60.3 Å². The summed E-state index contributed by atoms with van der Waals surface area (Å²) in [5.41, 5.74) is -3.50. The Morgan fingerprint density at radius 3 is 2.17 bits per heavy atom. The highest BCUT2D eigenvalue weighted by molar-refractivity contribution is 6.76. The topological polar surface area (TPSA) is 127 Å². The molecule has 0 aromatic heterocycles. The van der Waals surface area contributed by atoms with Gasteiger partial charge in [-0.05, 0) is 104 Å². The first-order valence-electron chi connectivity index (χ1n) is 18.5. The summed E-state index contributed by atoms with van der Waals surface area (Å²) in [6.45, 7) is 22.3. The van der Waals surface area contributed by atoms with E-state index in [0.717, 1.165) is 43.7 Å². The highest BCUT2D eigenvalue weighted by atomic mass is 28.3. The van der Waals surface area contributed by atoms with Gasteiger partial charge >= 0.3 is 17.9 Å². The fourth-order valence-corrected chi connectivity index (χ4v) is 12.4. The number of carbonyl (C=O) groups is 4. The van der Waals surface area contributed by atoms with Gasteiger partial charge in [0.1, 0.15) is 5.60 Å². The number of ketones is 1. The van der Waals surface area contributed by atoms with E-state index in [1.165, 1.54) is 0 Å². The second-order valence-corrected chi connectivity index (χ2v) is 25.2. The molecule has 0 spiro atoms. The van der Waals surface area contributed by atoms with Crippen molar-refractivity contribution in [2.45, 2.75) is 156 Å². The minimum absolute atomic E-state index is 0.0552. The summed E-state index contributed by atoms with van der Waals surface area (Å²) >= 11 is 0. The van der Waals surface area contributed by atoms with Gasteiger partial charge in [0.05, 0.1) is 31.0 Å². The number of hydrogen-bond donors (Lipinski definition) is 2. The second kappa shape index (κ2) is 11.8. The number of aliphatic carboxylic acids is 1. The summed E-state index contributed by atoms with van der Waals surface area (Å²) in [6.07, 6.45) is 6.91. The minimum atomic E-state index is -1.45. The van der Waals surface area contributed by atoms with Crippen LogP contribution in [0.3, 0.4) is 0 Å². The zero-order chi connectivity index (χ0) is 35.9. The average Bonchev–Trinajstić information content (AvgIpc) is 2.96. The van der Waals surface area contributed by atoms with E-state index >= 15 is 0 Å². The highest BCUT2D eigenvalue weighted by Crippen LogP contribution is 2.76. The summed E-state index contributed by atoms with van der Waals surface area (Å²) in [5, 5.41) is 20.5. The van der Waals surface area contributed by atoms with Crippen molar-refractivity contribution in [3.8, 4) is 0 Å². The van der Waals surface area contributed by atoms with Crippen molar-refractivity contribution in [1.82, 2.24) is 0 Å². The molecule has 270 valence electrons. The minimum Gasteiger partial charge on any atom is -0.481 e. The Labute approximate surface area is 289 Å². The van der Waals surface area contributed by atoms with Crippen molar-refractivity contribution in [3.63, 3.8) is 0 Å². The zero-order valence-electron chi connectivity index (χ0n) is 31.3. The number of rotatable bonds is 8. The monoisotopic (exact) mass is 686 g/mol. The third-order valence-electron chi connectivity index (χ3n) is 15.0. The third-order valence-corrected chi connectivity index (χ3v) is 16.8. The van der Waals surface area contributed by atoms with Gasteiger partial charge in [-0.2, -0.15) is 0 Å². The maximum atomic E-state index is 14.9. The van der Waals surface area contributed by atoms with Gasteiger partial charge in [-0.25, -0.2) is 0 Å². The van der Waals surface area contributed by atoms with Gasteiger partial charge in [-0.1, -0.05) is 61.2 Å². The van der Waals surface area contributed by atoms with Crippen LogP contribution in [0.5, 0.6) is 0 Å². The number of carboxylic acids is 1. The Morgan fingerprint density at radius 2 is 1.54 bits per heavy atom. The van der Waals surface area contributed by atoms with E-state index in [4.69, 9.17) is 9.47 Å². The first kappa shape index (κ1) is 37.3. The van der Waals surface area contributed by atoms with Crippen LogP contribution in [0.2, 0.25) is 25.7 Å². The number of aliphatic hydroxyl groups is 1. The van der Waals surface area contributed by atoms with E-state index in [9.17, 15) is 29.4 Å². The molecule has 2 N–H and O–H groups in total. The van der Waals surface area contributed by atoms with Crippen molar-refractivity contribution in [1.29, 1.82) is 0 Å². The van der Waals surface area contributed by atoms with Crippen LogP contribution in [0, 0.1) is 44.3 Å². The fourth-order valence-electron chi connectivity index (χ4n) is 11.7. The number of carbonyl (C=O) groups excluding carboxylic acids is 3. The largest absolute Gasteiger partial charge is 0.481 e. The third kappa shape index (κ3) is 5.56. The molecule has 5 aliphatic carbocycles. The Kier molecular flexibility index (Phi) is 9.14. The lowest BCUT2D eigenvalue weighted by Gasteiger charge is -2.72. The molecule has 9 heteroatoms. The molecule has 2 unspecified atom stereocenters. The molecule has 0 aromatic carbocycles. The summed E-state index contributed by atoms with van der Waals surface area (Å²) in [4.78, 5) is 54.1. The van der Waals surface area contributed by atoms with E-state index in [0.29, 0.717) is 25.9 Å². The highest BCUT2D eigenvalue weighted by Gasteiger charge is 2.74. The summed E-state index contributed by atoms with van der Waals surface area (Å²) < 4.78 is 12.6. The van der Waals surface area contributed by atoms with Crippen LogP contribution in [0.25, 0.3) is 0 Å². The van der Waals surface area contributed by atoms with Gasteiger partial charge in [-0.3, -0.25) is 19.2 Å². The molecule has 0 saturated heterocycles. The zero-order valence-corrected chi connectivity index (χ0v) is 32.3. The molecule has 5 aliphatic rings. The maximum absolute atomic E-state index is 14.9. The van der Waals surface area contributed by atoms with E-state index < -0.39 is 53.4 Å². The van der Waals surface area contributed by atoms with Crippen LogP contribution in [0.1, 0.15) is 119 Å². The average molecular weight is 687 g/mol. The summed E-state index contributed by atoms with van der Waals surface area (Å²) in [5.74, 6) is -1.99. The van der Waals surface area contributed by atoms with E-state index in [1.54, 1.807) is 0 Å². The molecular weight excluding hydrogens is 625 g/mol. The van der Waals surface area contributed by atoms with E-state index in [2.05, 4.69) is 61.2 Å². The molecule has 0 bridgehead atoms. The maximum Gasteiger partial charge on any atom is 0.311 e. The smallest absolute Gasteiger partial charge is 0.311 e. The summed E-state index contributed by atoms with van der Waals surface area (Å²) in [6, 6.07) is 0.854. The van der Waals surface area contributed by atoms with E-state index in [-0.39, 0.29) is 53.7 Å². The molecule has 48 heavy (non-hydrogen) atoms. The van der Waals surface area contributed by atoms with Crippen LogP contribution >= 0.6 is 0 Å². The number of hydrogen-bond acceptors (Lipinski definition) is 7. The number of ether oxygens (including phenoxy) is 2. The second-order valence-electron chi connectivity index (χ2n) is 19.6. The Bertz CT molecular complexity index is 1400. The van der Waals surface area contributed by atoms with Crippen LogP contribution < -0.4 is 0 Å². The normalized spacial score (nSPS) is 43.4. The fraction of sp³-hybridized carbons (Fsp3) is 0.846. The molecule has 0 amide bonds. The van der Waals surface area contributed by atoms with Gasteiger partial charge in [0.25, 0.3) is 0 Å². The van der Waals surface area contributed by atoms with E-state index in [1.807, 2.05) is 13.0 Å². The van der Waals surface area contributed by atoms with Crippen molar-refractivity contribution >= 4 is 31.8 Å². The molecule has 8 nitrogen and oxygen atoms in total. The lowest BCUT2D eigenvalue weighted by molar-refractivity contribution is -0.229. The van der Waals surface area contributed by atoms with Crippen LogP contribution in [0.4, 0.5) is 0 Å². The molecule has 0 aliphatic heterocycles. The van der Waals surface area contributed by atoms with Gasteiger partial charge in [0.15, 0.2) is 5.78 Å². The quantitative estimate of drug-likeness (QED) is 0.196. The molecule has 9 atom stereocenters. The predicted molar refractivity (Wildman–Crippen MR) is 187 cm³/mol. The first-order chi connectivity index (χ1) is 21.9. The predicted octanol–water partition coefficient (Wildman–Crippen LogP) is 7.74. The van der Waals surface area contributed by atoms with Crippen LogP contribution in [0.15, 0.2) is 11.6 Å². The standard InChI is InChI=1S/C39H62O8Si/c1-33(2)26-13-16-38(7)31(36(26,5)15-14-28(33)41)25(40)23-27-37(38,6)20-19-35(4)18-17-34(3,32(45)46-21-22-48(8,9)10)24-39(27,35)47-30(44)12-11-29(42)43/h23,26,28,31,41H,11-22,24H2,1-10H3,(H,42,43)/t26?,28-,31+,34-,35+,36-,37+,38+,39?/m0/s1. The van der Waals surface area contributed by atoms with Crippen molar-refractivity contribution in [2.24, 2.45) is 44.3 Å². The molecule has 5 rings (SSSR count). The first-order valence-corrected chi connectivity index (χ1v) is 22.2. The van der Waals surface area contributed by atoms with Crippen molar-refractivity contribution in [2.75, 3.05) is 6.61 Å². The lowest BCUT2D eigenvalue weighted by atomic mass is 9.32. The van der Waals surface area contributed by atoms with Crippen LogP contribution in [-0.2, 0) is 28.7 Å². The van der Waals surface area contributed by atoms with Gasteiger partial charge < -0.3 is 19.7 Å². The Balaban J connectivity index is 1.63. The molecule has 0 radical (unpaired) electrons. The number of fused-ring (bicyclic) bond motifs is 7. The van der Waals surface area contributed by atoms with Gasteiger partial charge in [0.2, 0.25) is 0 Å². The molecular formula is C39H62O8Si. The van der Waals surface area contributed by atoms with Crippen molar-refractivity contribution in [3.05, 3.63) is 11.6 Å². The summed E-state index contributed by atoms with van der Waals surface area (Å²) in [7, 11) is -1.45. The number of aliphatic hydroxyl groups excluding tert-OH is 1. The number of carboxylic acid groups (broad SMARTS) is 1. The molecule has 4 fully saturated rings. The molecule has 0 heterocycles. The Hall–Kier alpha value is -2.00. The number of allylic oxidation sites excluding steroid dienone is 1.